The summed E-state index contributed by atoms with van der Waals surface area (Å²) in [5, 5.41) is 13.6. The maximum Gasteiger partial charge on any atom is 0.0758 e. The van der Waals surface area contributed by atoms with Crippen molar-refractivity contribution in [2.75, 3.05) is 32.6 Å². The molecule has 0 saturated carbocycles. The van der Waals surface area contributed by atoms with E-state index in [-0.39, 0.29) is 6.10 Å². The van der Waals surface area contributed by atoms with Gasteiger partial charge < -0.3 is 15.2 Å². The number of rotatable bonds is 8. The Morgan fingerprint density at radius 3 is 3.06 bits per heavy atom. The monoisotopic (exact) mass is 275 g/mol. The molecule has 0 aliphatic carbocycles. The van der Waals surface area contributed by atoms with Crippen LogP contribution in [-0.4, -0.2) is 43.8 Å². The predicted molar refractivity (Wildman–Crippen MR) is 72.9 cm³/mol. The highest BCUT2D eigenvalue weighted by atomic mass is 35.5. The molecule has 0 fully saturated rings. The highest BCUT2D eigenvalue weighted by molar-refractivity contribution is 7.99. The lowest BCUT2D eigenvalue weighted by atomic mass is 10.4. The number of benzene rings is 1. The Morgan fingerprint density at radius 2 is 2.35 bits per heavy atom. The zero-order chi connectivity index (χ0) is 12.5. The van der Waals surface area contributed by atoms with Crippen LogP contribution in [0.5, 0.6) is 0 Å². The summed E-state index contributed by atoms with van der Waals surface area (Å²) in [6.45, 7) is 2.00. The van der Waals surface area contributed by atoms with E-state index < -0.39 is 0 Å². The average molecular weight is 276 g/mol. The molecular formula is C12H18ClNO2S. The van der Waals surface area contributed by atoms with E-state index in [0.29, 0.717) is 18.9 Å². The number of halogens is 1. The number of ether oxygens (including phenoxy) is 1. The van der Waals surface area contributed by atoms with E-state index >= 15 is 0 Å². The number of hydrogen-bond donors (Lipinski definition) is 2. The van der Waals surface area contributed by atoms with Crippen LogP contribution >= 0.6 is 23.4 Å². The predicted octanol–water partition coefficient (Wildman–Crippen LogP) is 2.03. The number of hydrogen-bond acceptors (Lipinski definition) is 4. The van der Waals surface area contributed by atoms with Gasteiger partial charge in [-0.2, -0.15) is 0 Å². The molecule has 0 aliphatic rings. The van der Waals surface area contributed by atoms with Crippen molar-refractivity contribution in [3.8, 4) is 0 Å². The van der Waals surface area contributed by atoms with Gasteiger partial charge in [-0.05, 0) is 18.2 Å². The van der Waals surface area contributed by atoms with Crippen molar-refractivity contribution in [1.29, 1.82) is 0 Å². The second-order valence-electron chi connectivity index (χ2n) is 3.62. The van der Waals surface area contributed by atoms with Gasteiger partial charge in [0.2, 0.25) is 0 Å². The summed E-state index contributed by atoms with van der Waals surface area (Å²) < 4.78 is 4.90. The van der Waals surface area contributed by atoms with Crippen molar-refractivity contribution in [3.05, 3.63) is 29.3 Å². The molecule has 5 heteroatoms. The van der Waals surface area contributed by atoms with Gasteiger partial charge in [0.15, 0.2) is 0 Å². The van der Waals surface area contributed by atoms with E-state index in [9.17, 15) is 5.11 Å². The van der Waals surface area contributed by atoms with Gasteiger partial charge in [-0.15, -0.1) is 11.8 Å². The summed E-state index contributed by atoms with van der Waals surface area (Å²) in [5.41, 5.74) is 0. The number of nitrogens with one attached hydrogen (secondary N) is 1. The Bertz CT molecular complexity index is 325. The molecule has 2 N–H and O–H groups in total. The lowest BCUT2D eigenvalue weighted by molar-refractivity contribution is 0.175. The zero-order valence-corrected chi connectivity index (χ0v) is 11.4. The average Bonchev–Trinajstić information content (AvgIpc) is 2.32. The van der Waals surface area contributed by atoms with Crippen LogP contribution < -0.4 is 5.32 Å². The van der Waals surface area contributed by atoms with Gasteiger partial charge in [-0.1, -0.05) is 17.7 Å². The molecule has 1 unspecified atom stereocenters. The maximum absolute atomic E-state index is 9.72. The van der Waals surface area contributed by atoms with Gasteiger partial charge in [0.25, 0.3) is 0 Å². The van der Waals surface area contributed by atoms with Crippen LogP contribution in [0.25, 0.3) is 0 Å². The Kier molecular flexibility index (Phi) is 7.64. The lowest BCUT2D eigenvalue weighted by Crippen LogP contribution is -2.30. The first kappa shape index (κ1) is 14.8. The number of aliphatic hydroxyl groups excluding tert-OH is 1. The fourth-order valence-corrected chi connectivity index (χ4v) is 2.39. The van der Waals surface area contributed by atoms with E-state index in [1.54, 1.807) is 18.9 Å². The first-order chi connectivity index (χ1) is 8.22. The van der Waals surface area contributed by atoms with Gasteiger partial charge in [0, 0.05) is 35.9 Å². The third-order valence-corrected chi connectivity index (χ3v) is 3.48. The summed E-state index contributed by atoms with van der Waals surface area (Å²) in [7, 11) is 1.66. The molecule has 96 valence electrons. The second kappa shape index (κ2) is 8.78. The first-order valence-corrected chi connectivity index (χ1v) is 6.85. The quantitative estimate of drug-likeness (QED) is 0.563. The summed E-state index contributed by atoms with van der Waals surface area (Å²) in [5.74, 6) is 0.653. The normalized spacial score (nSPS) is 12.6. The Balaban J connectivity index is 2.17. The molecule has 3 nitrogen and oxygen atoms in total. The minimum atomic E-state index is -0.365. The zero-order valence-electron chi connectivity index (χ0n) is 9.86. The van der Waals surface area contributed by atoms with Crippen LogP contribution in [0.3, 0.4) is 0 Å². The van der Waals surface area contributed by atoms with Gasteiger partial charge in [0.1, 0.15) is 0 Å². The van der Waals surface area contributed by atoms with Gasteiger partial charge >= 0.3 is 0 Å². The summed E-state index contributed by atoms with van der Waals surface area (Å²) >= 11 is 7.48. The molecule has 0 radical (unpaired) electrons. The molecule has 0 aromatic heterocycles. The van der Waals surface area contributed by atoms with E-state index in [0.717, 1.165) is 16.5 Å². The molecule has 1 aromatic carbocycles. The fourth-order valence-electron chi connectivity index (χ4n) is 1.25. The molecule has 1 aromatic rings. The second-order valence-corrected chi connectivity index (χ2v) is 5.15. The van der Waals surface area contributed by atoms with Crippen molar-refractivity contribution in [2.24, 2.45) is 0 Å². The van der Waals surface area contributed by atoms with Crippen LogP contribution in [0.15, 0.2) is 29.2 Å². The molecule has 0 aliphatic heterocycles. The minimum Gasteiger partial charge on any atom is -0.391 e. The standard InChI is InChI=1S/C12H18ClNO2S/c1-16-6-5-14-8-11(15)9-17-12-4-2-3-10(13)7-12/h2-4,7,11,14-15H,5-6,8-9H2,1H3. The highest BCUT2D eigenvalue weighted by Crippen LogP contribution is 2.21. The fraction of sp³-hybridized carbons (Fsp3) is 0.500. The Morgan fingerprint density at radius 1 is 1.53 bits per heavy atom. The van der Waals surface area contributed by atoms with Crippen LogP contribution in [-0.2, 0) is 4.74 Å². The Labute approximate surface area is 112 Å². The van der Waals surface area contributed by atoms with Crippen LogP contribution in [0.4, 0.5) is 0 Å². The molecule has 1 atom stereocenters. The van der Waals surface area contributed by atoms with Gasteiger partial charge in [0.05, 0.1) is 12.7 Å². The summed E-state index contributed by atoms with van der Waals surface area (Å²) in [6, 6.07) is 7.64. The first-order valence-electron chi connectivity index (χ1n) is 5.48. The van der Waals surface area contributed by atoms with Crippen molar-refractivity contribution < 1.29 is 9.84 Å². The van der Waals surface area contributed by atoms with Gasteiger partial charge in [-0.3, -0.25) is 0 Å². The number of thioether (sulfide) groups is 1. The van der Waals surface area contributed by atoms with Crippen LogP contribution in [0.1, 0.15) is 0 Å². The molecule has 0 bridgehead atoms. The van der Waals surface area contributed by atoms with E-state index in [1.807, 2.05) is 24.3 Å². The number of methoxy groups -OCH3 is 1. The SMILES string of the molecule is COCCNCC(O)CSc1cccc(Cl)c1. The largest absolute Gasteiger partial charge is 0.391 e. The molecule has 0 amide bonds. The molecule has 1 rings (SSSR count). The molecule has 0 spiro atoms. The van der Waals surface area contributed by atoms with Crippen molar-refractivity contribution in [1.82, 2.24) is 5.32 Å². The molecular weight excluding hydrogens is 258 g/mol. The van der Waals surface area contributed by atoms with Gasteiger partial charge in [-0.25, -0.2) is 0 Å². The highest BCUT2D eigenvalue weighted by Gasteiger charge is 2.04. The topological polar surface area (TPSA) is 41.5 Å². The lowest BCUT2D eigenvalue weighted by Gasteiger charge is -2.11. The van der Waals surface area contributed by atoms with E-state index in [1.165, 1.54) is 0 Å². The molecule has 17 heavy (non-hydrogen) atoms. The molecule has 0 saturated heterocycles. The van der Waals surface area contributed by atoms with E-state index in [4.69, 9.17) is 16.3 Å². The minimum absolute atomic E-state index is 0.365. The third kappa shape index (κ3) is 6.91. The van der Waals surface area contributed by atoms with Crippen molar-refractivity contribution in [2.45, 2.75) is 11.0 Å². The smallest absolute Gasteiger partial charge is 0.0758 e. The van der Waals surface area contributed by atoms with Crippen LogP contribution in [0, 0.1) is 0 Å². The summed E-state index contributed by atoms with van der Waals surface area (Å²) in [6.07, 6.45) is -0.365. The van der Waals surface area contributed by atoms with Crippen molar-refractivity contribution >= 4 is 23.4 Å². The maximum atomic E-state index is 9.72. The number of aliphatic hydroxyl groups is 1. The third-order valence-electron chi connectivity index (χ3n) is 2.10. The summed E-state index contributed by atoms with van der Waals surface area (Å²) in [4.78, 5) is 1.08. The Hall–Kier alpha value is -0.260. The molecule has 0 heterocycles. The van der Waals surface area contributed by atoms with Crippen molar-refractivity contribution in [3.63, 3.8) is 0 Å². The van der Waals surface area contributed by atoms with Crippen LogP contribution in [0.2, 0.25) is 5.02 Å². The van der Waals surface area contributed by atoms with E-state index in [2.05, 4.69) is 5.32 Å².